The van der Waals surface area contributed by atoms with Crippen molar-refractivity contribution in [3.8, 4) is 23.0 Å². The van der Waals surface area contributed by atoms with Gasteiger partial charge in [0.05, 0.1) is 24.5 Å². The van der Waals surface area contributed by atoms with Crippen LogP contribution in [0, 0.1) is 17.0 Å². The van der Waals surface area contributed by atoms with E-state index >= 15 is 0 Å². The Labute approximate surface area is 194 Å². The van der Waals surface area contributed by atoms with Gasteiger partial charge in [-0.2, -0.15) is 0 Å². The van der Waals surface area contributed by atoms with E-state index in [2.05, 4.69) is 14.9 Å². The zero-order valence-electron chi connectivity index (χ0n) is 18.4. The SMILES string of the molecule is COc1cccc(-c2nc3cnccc3nc2N2CC3(CC(Oc4ccc(F)cc4F)C3)C2)n1. The van der Waals surface area contributed by atoms with Crippen molar-refractivity contribution in [1.82, 2.24) is 19.9 Å². The molecule has 1 aliphatic heterocycles. The molecule has 1 aromatic carbocycles. The molecule has 1 saturated carbocycles. The Bertz CT molecular complexity index is 1390. The summed E-state index contributed by atoms with van der Waals surface area (Å²) in [5.41, 5.74) is 2.90. The van der Waals surface area contributed by atoms with Gasteiger partial charge in [0.25, 0.3) is 0 Å². The van der Waals surface area contributed by atoms with Crippen LogP contribution in [0.3, 0.4) is 0 Å². The molecule has 2 fully saturated rings. The molecule has 0 amide bonds. The van der Waals surface area contributed by atoms with Crippen LogP contribution in [0.1, 0.15) is 12.8 Å². The summed E-state index contributed by atoms with van der Waals surface area (Å²) in [6.45, 7) is 1.59. The average Bonchev–Trinajstić information content (AvgIpc) is 2.80. The number of ether oxygens (including phenoxy) is 2. The Morgan fingerprint density at radius 3 is 2.65 bits per heavy atom. The number of hydrogen-bond donors (Lipinski definition) is 0. The maximum absolute atomic E-state index is 13.9. The summed E-state index contributed by atoms with van der Waals surface area (Å²) in [5, 5.41) is 0. The van der Waals surface area contributed by atoms with Crippen LogP contribution in [0.2, 0.25) is 0 Å². The van der Waals surface area contributed by atoms with Crippen molar-refractivity contribution in [3.05, 3.63) is 66.5 Å². The number of pyridine rings is 2. The molecule has 1 saturated heterocycles. The maximum Gasteiger partial charge on any atom is 0.213 e. The zero-order valence-corrected chi connectivity index (χ0v) is 18.4. The van der Waals surface area contributed by atoms with Crippen LogP contribution < -0.4 is 14.4 Å². The van der Waals surface area contributed by atoms with E-state index < -0.39 is 11.6 Å². The lowest BCUT2D eigenvalue weighted by Gasteiger charge is -2.59. The van der Waals surface area contributed by atoms with E-state index in [1.165, 1.54) is 12.1 Å². The van der Waals surface area contributed by atoms with Gasteiger partial charge < -0.3 is 14.4 Å². The van der Waals surface area contributed by atoms with Crippen LogP contribution in [-0.2, 0) is 0 Å². The van der Waals surface area contributed by atoms with Crippen LogP contribution in [-0.4, -0.2) is 46.2 Å². The van der Waals surface area contributed by atoms with Gasteiger partial charge in [0.2, 0.25) is 5.88 Å². The Morgan fingerprint density at radius 1 is 1.00 bits per heavy atom. The Balaban J connectivity index is 1.22. The predicted molar refractivity (Wildman–Crippen MR) is 122 cm³/mol. The van der Waals surface area contributed by atoms with Crippen LogP contribution >= 0.6 is 0 Å². The van der Waals surface area contributed by atoms with E-state index in [9.17, 15) is 8.78 Å². The maximum atomic E-state index is 13.9. The van der Waals surface area contributed by atoms with Gasteiger partial charge in [0, 0.05) is 36.8 Å². The van der Waals surface area contributed by atoms with E-state index in [1.807, 2.05) is 18.2 Å². The number of benzene rings is 1. The predicted octanol–water partition coefficient (Wildman–Crippen LogP) is 4.42. The van der Waals surface area contributed by atoms with E-state index in [-0.39, 0.29) is 17.3 Å². The summed E-state index contributed by atoms with van der Waals surface area (Å²) in [6, 6.07) is 10.8. The minimum Gasteiger partial charge on any atom is -0.487 e. The third-order valence-corrected chi connectivity index (χ3v) is 6.48. The lowest BCUT2D eigenvalue weighted by Crippen LogP contribution is -2.65. The van der Waals surface area contributed by atoms with Crippen molar-refractivity contribution < 1.29 is 18.3 Å². The standard InChI is InChI=1S/C25H21F2N5O2/c1-33-22-4-2-3-19(29-22)23-24(31-18-7-8-28-12-20(18)30-23)32-13-25(14-32)10-16(11-25)34-21-6-5-15(26)9-17(21)27/h2-9,12,16H,10-11,13-14H2,1H3. The van der Waals surface area contributed by atoms with Gasteiger partial charge in [-0.3, -0.25) is 4.98 Å². The fourth-order valence-electron chi connectivity index (χ4n) is 4.86. The molecule has 3 aromatic heterocycles. The third kappa shape index (κ3) is 3.57. The van der Waals surface area contributed by atoms with Crippen LogP contribution in [0.5, 0.6) is 11.6 Å². The highest BCUT2D eigenvalue weighted by atomic mass is 19.1. The summed E-state index contributed by atoms with van der Waals surface area (Å²) in [4.78, 5) is 20.6. The highest BCUT2D eigenvalue weighted by Gasteiger charge is 2.54. The molecule has 6 rings (SSSR count). The summed E-state index contributed by atoms with van der Waals surface area (Å²) >= 11 is 0. The molecule has 1 aliphatic carbocycles. The number of aromatic nitrogens is 4. The van der Waals surface area contributed by atoms with E-state index in [0.29, 0.717) is 22.8 Å². The van der Waals surface area contributed by atoms with Crippen LogP contribution in [0.25, 0.3) is 22.4 Å². The van der Waals surface area contributed by atoms with Crippen molar-refractivity contribution >= 4 is 16.9 Å². The zero-order chi connectivity index (χ0) is 23.3. The fourth-order valence-corrected chi connectivity index (χ4v) is 4.86. The van der Waals surface area contributed by atoms with Gasteiger partial charge in [0.15, 0.2) is 17.4 Å². The Hall–Kier alpha value is -3.88. The summed E-state index contributed by atoms with van der Waals surface area (Å²) in [5.74, 6) is 0.0752. The monoisotopic (exact) mass is 461 g/mol. The molecule has 34 heavy (non-hydrogen) atoms. The first-order valence-corrected chi connectivity index (χ1v) is 11.0. The largest absolute Gasteiger partial charge is 0.487 e. The average molecular weight is 461 g/mol. The van der Waals surface area contributed by atoms with Crippen LogP contribution in [0.4, 0.5) is 14.6 Å². The molecule has 0 radical (unpaired) electrons. The molecule has 7 nitrogen and oxygen atoms in total. The summed E-state index contributed by atoms with van der Waals surface area (Å²) in [6.07, 6.45) is 4.91. The molecule has 4 heterocycles. The number of rotatable bonds is 5. The van der Waals surface area contributed by atoms with Crippen molar-refractivity contribution in [3.63, 3.8) is 0 Å². The quantitative estimate of drug-likeness (QED) is 0.436. The molecular formula is C25H21F2N5O2. The second-order valence-corrected chi connectivity index (χ2v) is 8.90. The molecule has 0 N–H and O–H groups in total. The molecule has 0 bridgehead atoms. The van der Waals surface area contributed by atoms with Gasteiger partial charge in [0.1, 0.15) is 23.1 Å². The minimum atomic E-state index is -0.674. The topological polar surface area (TPSA) is 73.3 Å². The highest BCUT2D eigenvalue weighted by molar-refractivity contribution is 5.82. The van der Waals surface area contributed by atoms with E-state index in [1.54, 1.807) is 25.6 Å². The number of methoxy groups -OCH3 is 1. The lowest BCUT2D eigenvalue weighted by molar-refractivity contribution is -0.0359. The van der Waals surface area contributed by atoms with Gasteiger partial charge in [-0.15, -0.1) is 0 Å². The smallest absolute Gasteiger partial charge is 0.213 e. The molecule has 2 aliphatic rings. The molecule has 4 aromatic rings. The van der Waals surface area contributed by atoms with Gasteiger partial charge in [-0.05, 0) is 37.1 Å². The second-order valence-electron chi connectivity index (χ2n) is 8.90. The molecule has 0 unspecified atom stereocenters. The first-order valence-electron chi connectivity index (χ1n) is 11.0. The first-order chi connectivity index (χ1) is 16.5. The molecule has 172 valence electrons. The number of halogens is 2. The number of nitrogens with zero attached hydrogens (tertiary/aromatic N) is 5. The van der Waals surface area contributed by atoms with E-state index in [0.717, 1.165) is 43.3 Å². The molecular weight excluding hydrogens is 440 g/mol. The Kier molecular flexibility index (Phi) is 4.79. The van der Waals surface area contributed by atoms with Crippen molar-refractivity contribution in [2.75, 3.05) is 25.1 Å². The number of fused-ring (bicyclic) bond motifs is 1. The number of hydrogen-bond acceptors (Lipinski definition) is 7. The second kappa shape index (κ2) is 7.86. The molecule has 1 spiro atoms. The van der Waals surface area contributed by atoms with Crippen LogP contribution in [0.15, 0.2) is 54.9 Å². The highest BCUT2D eigenvalue weighted by Crippen LogP contribution is 2.51. The van der Waals surface area contributed by atoms with Gasteiger partial charge >= 0.3 is 0 Å². The van der Waals surface area contributed by atoms with Crippen molar-refractivity contribution in [1.29, 1.82) is 0 Å². The normalized spacial score (nSPS) is 16.9. The minimum absolute atomic E-state index is 0.0876. The molecule has 0 atom stereocenters. The fraction of sp³-hybridized carbons (Fsp3) is 0.280. The summed E-state index contributed by atoms with van der Waals surface area (Å²) < 4.78 is 38.1. The Morgan fingerprint density at radius 2 is 1.85 bits per heavy atom. The van der Waals surface area contributed by atoms with Crippen molar-refractivity contribution in [2.45, 2.75) is 18.9 Å². The van der Waals surface area contributed by atoms with Crippen molar-refractivity contribution in [2.24, 2.45) is 5.41 Å². The van der Waals surface area contributed by atoms with E-state index in [4.69, 9.17) is 19.4 Å². The first kappa shape index (κ1) is 20.7. The summed E-state index contributed by atoms with van der Waals surface area (Å²) in [7, 11) is 1.58. The lowest BCUT2D eigenvalue weighted by atomic mass is 9.61. The third-order valence-electron chi connectivity index (χ3n) is 6.48. The van der Waals surface area contributed by atoms with Gasteiger partial charge in [-0.25, -0.2) is 23.7 Å². The van der Waals surface area contributed by atoms with Gasteiger partial charge in [-0.1, -0.05) is 6.07 Å². The molecule has 9 heteroatoms. The number of anilines is 1.